The van der Waals surface area contributed by atoms with Crippen LogP contribution in [-0.2, 0) is 9.59 Å². The Morgan fingerprint density at radius 3 is 1.58 bits per heavy atom. The number of anilines is 2. The molecule has 0 radical (unpaired) electrons. The van der Waals surface area contributed by atoms with Gasteiger partial charge in [-0.05, 0) is 63.8 Å². The number of nitrogens with zero attached hydrogens (tertiary/aromatic N) is 2. The standard InChI is InChI=1S/C14H17N3O2.C13H18N2O2/c1-10-2-4-11(5-3-10)17-8-6-14(7-9-17)12(18)15-13(19)16-14;1-10-2-4-11(5-3-10)15-8-6-13(14,7-9-15)12(16)17/h2-5H,6-9H2,1H3,(H2,15,16,18,19);2-5H,6-9,14H2,1H3,(H,16,17). The van der Waals surface area contributed by atoms with Crippen LogP contribution in [0.3, 0.4) is 0 Å². The monoisotopic (exact) mass is 493 g/mol. The van der Waals surface area contributed by atoms with E-state index in [-0.39, 0.29) is 11.9 Å². The fourth-order valence-corrected chi connectivity index (χ4v) is 4.92. The second-order valence-electron chi connectivity index (χ2n) is 10.1. The number of aryl methyl sites for hydroxylation is 2. The third-order valence-electron chi connectivity index (χ3n) is 7.51. The van der Waals surface area contributed by atoms with Crippen molar-refractivity contribution in [3.63, 3.8) is 0 Å². The van der Waals surface area contributed by atoms with E-state index >= 15 is 0 Å². The minimum absolute atomic E-state index is 0.180. The smallest absolute Gasteiger partial charge is 0.323 e. The van der Waals surface area contributed by atoms with Gasteiger partial charge in [-0.25, -0.2) is 4.79 Å². The molecule has 36 heavy (non-hydrogen) atoms. The predicted molar refractivity (Wildman–Crippen MR) is 139 cm³/mol. The maximum Gasteiger partial charge on any atom is 0.323 e. The first-order chi connectivity index (χ1) is 17.1. The molecule has 1 spiro atoms. The minimum atomic E-state index is -1.04. The molecule has 5 N–H and O–H groups in total. The quantitative estimate of drug-likeness (QED) is 0.484. The number of piperidine rings is 2. The number of imide groups is 1. The highest BCUT2D eigenvalue weighted by Gasteiger charge is 2.47. The molecule has 2 aromatic carbocycles. The lowest BCUT2D eigenvalue weighted by molar-refractivity contribution is -0.144. The van der Waals surface area contributed by atoms with E-state index in [1.165, 1.54) is 16.8 Å². The second kappa shape index (κ2) is 10.2. The number of hydrogen-bond acceptors (Lipinski definition) is 6. The van der Waals surface area contributed by atoms with Crippen molar-refractivity contribution in [2.24, 2.45) is 5.73 Å². The number of hydrogen-bond donors (Lipinski definition) is 4. The van der Waals surface area contributed by atoms with Crippen LogP contribution in [0.15, 0.2) is 48.5 Å². The Bertz CT molecular complexity index is 1100. The summed E-state index contributed by atoms with van der Waals surface area (Å²) in [4.78, 5) is 38.6. The second-order valence-corrected chi connectivity index (χ2v) is 10.1. The van der Waals surface area contributed by atoms with Crippen LogP contribution < -0.4 is 26.2 Å². The molecule has 3 saturated heterocycles. The molecule has 192 valence electrons. The first-order valence-corrected chi connectivity index (χ1v) is 12.4. The Hall–Kier alpha value is -3.59. The van der Waals surface area contributed by atoms with Gasteiger partial charge in [0.15, 0.2) is 0 Å². The lowest BCUT2D eigenvalue weighted by Crippen LogP contribution is -2.55. The number of benzene rings is 2. The molecule has 0 atom stereocenters. The largest absolute Gasteiger partial charge is 0.480 e. The Labute approximate surface area is 211 Å². The van der Waals surface area contributed by atoms with E-state index in [1.54, 1.807) is 0 Å². The van der Waals surface area contributed by atoms with E-state index in [1.807, 2.05) is 0 Å². The van der Waals surface area contributed by atoms with Gasteiger partial charge in [-0.1, -0.05) is 35.4 Å². The molecule has 9 nitrogen and oxygen atoms in total. The summed E-state index contributed by atoms with van der Waals surface area (Å²) in [5.74, 6) is -1.07. The molecule has 0 bridgehead atoms. The van der Waals surface area contributed by atoms with Gasteiger partial charge in [0, 0.05) is 37.6 Å². The molecular formula is C27H35N5O4. The van der Waals surface area contributed by atoms with Crippen LogP contribution in [0.2, 0.25) is 0 Å². The van der Waals surface area contributed by atoms with Crippen molar-refractivity contribution in [1.29, 1.82) is 0 Å². The summed E-state index contributed by atoms with van der Waals surface area (Å²) < 4.78 is 0. The maximum atomic E-state index is 11.8. The summed E-state index contributed by atoms with van der Waals surface area (Å²) in [6.07, 6.45) is 2.29. The molecular weight excluding hydrogens is 458 g/mol. The van der Waals surface area contributed by atoms with Crippen molar-refractivity contribution < 1.29 is 19.5 Å². The highest BCUT2D eigenvalue weighted by molar-refractivity contribution is 6.07. The van der Waals surface area contributed by atoms with Gasteiger partial charge in [-0.2, -0.15) is 0 Å². The van der Waals surface area contributed by atoms with Crippen LogP contribution >= 0.6 is 0 Å². The number of nitrogens with one attached hydrogen (secondary N) is 2. The molecule has 0 aromatic heterocycles. The van der Waals surface area contributed by atoms with Crippen LogP contribution in [-0.4, -0.2) is 60.3 Å². The first-order valence-electron chi connectivity index (χ1n) is 12.4. The molecule has 3 aliphatic rings. The zero-order chi connectivity index (χ0) is 25.9. The topological polar surface area (TPSA) is 128 Å². The van der Waals surface area contributed by atoms with E-state index in [0.717, 1.165) is 18.8 Å². The van der Waals surface area contributed by atoms with Crippen LogP contribution in [0, 0.1) is 13.8 Å². The number of carbonyl (C=O) groups excluding carboxylic acids is 2. The Balaban J connectivity index is 0.000000170. The summed E-state index contributed by atoms with van der Waals surface area (Å²) in [6.45, 7) is 7.06. The highest BCUT2D eigenvalue weighted by Crippen LogP contribution is 2.29. The predicted octanol–water partition coefficient (Wildman–Crippen LogP) is 2.55. The minimum Gasteiger partial charge on any atom is -0.480 e. The molecule has 9 heteroatoms. The summed E-state index contributed by atoms with van der Waals surface area (Å²) in [5.41, 5.74) is 8.89. The van der Waals surface area contributed by atoms with Gasteiger partial charge >= 0.3 is 12.0 Å². The average Bonchev–Trinajstić information content (AvgIpc) is 3.13. The summed E-state index contributed by atoms with van der Waals surface area (Å²) >= 11 is 0. The number of carboxylic acid groups (broad SMARTS) is 1. The zero-order valence-electron chi connectivity index (χ0n) is 20.9. The third kappa shape index (κ3) is 5.46. The fraction of sp³-hybridized carbons (Fsp3) is 0.444. The van der Waals surface area contributed by atoms with Gasteiger partial charge in [-0.15, -0.1) is 0 Å². The Kier molecular flexibility index (Phi) is 7.21. The summed E-state index contributed by atoms with van der Waals surface area (Å²) in [6, 6.07) is 16.3. The molecule has 0 unspecified atom stereocenters. The first kappa shape index (κ1) is 25.5. The number of aliphatic carboxylic acids is 1. The van der Waals surface area contributed by atoms with Gasteiger partial charge in [0.05, 0.1) is 0 Å². The van der Waals surface area contributed by atoms with Crippen molar-refractivity contribution in [2.45, 2.75) is 50.6 Å². The number of rotatable bonds is 3. The molecule has 3 amide bonds. The van der Waals surface area contributed by atoms with Gasteiger partial charge < -0.3 is 26.0 Å². The van der Waals surface area contributed by atoms with E-state index in [4.69, 9.17) is 10.8 Å². The summed E-state index contributed by atoms with van der Waals surface area (Å²) in [7, 11) is 0. The molecule has 0 aliphatic carbocycles. The molecule has 2 aromatic rings. The number of urea groups is 1. The van der Waals surface area contributed by atoms with Gasteiger partial charge in [-0.3, -0.25) is 14.9 Å². The van der Waals surface area contributed by atoms with Crippen molar-refractivity contribution in [1.82, 2.24) is 10.6 Å². The van der Waals surface area contributed by atoms with Crippen molar-refractivity contribution in [3.05, 3.63) is 59.7 Å². The maximum absolute atomic E-state index is 11.8. The van der Waals surface area contributed by atoms with Gasteiger partial charge in [0.25, 0.3) is 5.91 Å². The van der Waals surface area contributed by atoms with Gasteiger partial charge in [0.2, 0.25) is 0 Å². The molecule has 3 aliphatic heterocycles. The van der Waals surface area contributed by atoms with Crippen LogP contribution in [0.5, 0.6) is 0 Å². The molecule has 3 heterocycles. The number of nitrogens with two attached hydrogens (primary N) is 1. The van der Waals surface area contributed by atoms with Crippen LogP contribution in [0.1, 0.15) is 36.8 Å². The lowest BCUT2D eigenvalue weighted by atomic mass is 9.87. The van der Waals surface area contributed by atoms with Crippen LogP contribution in [0.25, 0.3) is 0 Å². The zero-order valence-corrected chi connectivity index (χ0v) is 20.9. The Morgan fingerprint density at radius 2 is 1.22 bits per heavy atom. The number of carbonyl (C=O) groups is 3. The van der Waals surface area contributed by atoms with E-state index < -0.39 is 17.0 Å². The van der Waals surface area contributed by atoms with E-state index in [0.29, 0.717) is 38.8 Å². The normalized spacial score (nSPS) is 20.3. The van der Waals surface area contributed by atoms with Crippen molar-refractivity contribution in [3.8, 4) is 0 Å². The Morgan fingerprint density at radius 1 is 0.806 bits per heavy atom. The van der Waals surface area contributed by atoms with Crippen molar-refractivity contribution in [2.75, 3.05) is 36.0 Å². The lowest BCUT2D eigenvalue weighted by Gasteiger charge is -2.38. The van der Waals surface area contributed by atoms with E-state index in [9.17, 15) is 14.4 Å². The number of carboxylic acids is 1. The van der Waals surface area contributed by atoms with Gasteiger partial charge in [0.1, 0.15) is 11.1 Å². The van der Waals surface area contributed by atoms with Crippen molar-refractivity contribution >= 4 is 29.3 Å². The average molecular weight is 494 g/mol. The fourth-order valence-electron chi connectivity index (χ4n) is 4.92. The number of amides is 3. The highest BCUT2D eigenvalue weighted by atomic mass is 16.4. The molecule has 3 fully saturated rings. The SMILES string of the molecule is Cc1ccc(N2CCC(N)(C(=O)O)CC2)cc1.Cc1ccc(N2CCC3(CC2)NC(=O)NC3=O)cc1. The van der Waals surface area contributed by atoms with Crippen LogP contribution in [0.4, 0.5) is 16.2 Å². The summed E-state index contributed by atoms with van der Waals surface area (Å²) in [5, 5.41) is 14.2. The molecule has 0 saturated carbocycles. The van der Waals surface area contributed by atoms with E-state index in [2.05, 4.69) is 82.8 Å². The molecule has 5 rings (SSSR count). The third-order valence-corrected chi connectivity index (χ3v) is 7.51.